The van der Waals surface area contributed by atoms with E-state index in [-0.39, 0.29) is 5.57 Å². The molecule has 0 aliphatic heterocycles. The van der Waals surface area contributed by atoms with Crippen molar-refractivity contribution < 1.29 is 4.79 Å². The molecule has 5 heteroatoms. The second-order valence-electron chi connectivity index (χ2n) is 5.51. The summed E-state index contributed by atoms with van der Waals surface area (Å²) in [5, 5.41) is 12.6. The van der Waals surface area contributed by atoms with Gasteiger partial charge in [-0.05, 0) is 61.2 Å². The van der Waals surface area contributed by atoms with Crippen molar-refractivity contribution in [1.82, 2.24) is 0 Å². The number of anilines is 1. The van der Waals surface area contributed by atoms with E-state index in [1.54, 1.807) is 24.3 Å². The van der Waals surface area contributed by atoms with Crippen LogP contribution in [0, 0.1) is 32.1 Å². The fourth-order valence-corrected chi connectivity index (χ4v) is 2.73. The average molecular weight is 359 g/mol. The summed E-state index contributed by atoms with van der Waals surface area (Å²) >= 11 is 12.1. The van der Waals surface area contributed by atoms with Gasteiger partial charge >= 0.3 is 0 Å². The molecule has 0 saturated heterocycles. The van der Waals surface area contributed by atoms with Gasteiger partial charge in [-0.15, -0.1) is 0 Å². The molecule has 0 aliphatic rings. The van der Waals surface area contributed by atoms with Crippen LogP contribution in [-0.4, -0.2) is 5.91 Å². The van der Waals surface area contributed by atoms with Crippen LogP contribution < -0.4 is 5.32 Å². The summed E-state index contributed by atoms with van der Waals surface area (Å²) < 4.78 is 0. The smallest absolute Gasteiger partial charge is 0.266 e. The Morgan fingerprint density at radius 3 is 2.25 bits per heavy atom. The van der Waals surface area contributed by atoms with Crippen LogP contribution in [0.1, 0.15) is 22.3 Å². The Labute approximate surface area is 151 Å². The number of amides is 1. The third kappa shape index (κ3) is 3.97. The molecule has 0 atom stereocenters. The minimum absolute atomic E-state index is 0.0164. The van der Waals surface area contributed by atoms with Crippen molar-refractivity contribution in [3.8, 4) is 6.07 Å². The number of para-hydroxylation sites is 1. The normalized spacial score (nSPS) is 11.1. The second kappa shape index (κ2) is 7.53. The van der Waals surface area contributed by atoms with Crippen LogP contribution in [0.25, 0.3) is 6.08 Å². The van der Waals surface area contributed by atoms with Gasteiger partial charge in [0.25, 0.3) is 5.91 Å². The van der Waals surface area contributed by atoms with Crippen LogP contribution in [0.5, 0.6) is 0 Å². The Morgan fingerprint density at radius 1 is 1.08 bits per heavy atom. The molecule has 0 saturated carbocycles. The molecule has 0 heterocycles. The van der Waals surface area contributed by atoms with E-state index in [0.717, 1.165) is 22.3 Å². The predicted molar refractivity (Wildman–Crippen MR) is 99.3 cm³/mol. The van der Waals surface area contributed by atoms with E-state index in [0.29, 0.717) is 15.7 Å². The van der Waals surface area contributed by atoms with Gasteiger partial charge < -0.3 is 5.32 Å². The molecule has 24 heavy (non-hydrogen) atoms. The van der Waals surface area contributed by atoms with Crippen LogP contribution >= 0.6 is 23.2 Å². The number of nitriles is 1. The number of nitrogens with one attached hydrogen (secondary N) is 1. The van der Waals surface area contributed by atoms with Crippen molar-refractivity contribution >= 4 is 40.9 Å². The maximum Gasteiger partial charge on any atom is 0.266 e. The molecule has 2 aromatic carbocycles. The molecule has 3 nitrogen and oxygen atoms in total. The monoisotopic (exact) mass is 358 g/mol. The highest BCUT2D eigenvalue weighted by Crippen LogP contribution is 2.30. The minimum Gasteiger partial charge on any atom is -0.319 e. The van der Waals surface area contributed by atoms with Crippen molar-refractivity contribution in [2.24, 2.45) is 0 Å². The number of nitrogens with zero attached hydrogens (tertiary/aromatic N) is 1. The zero-order chi connectivity index (χ0) is 17.9. The lowest BCUT2D eigenvalue weighted by atomic mass is 9.99. The predicted octanol–water partition coefficient (Wildman–Crippen LogP) is 5.46. The molecular weight excluding hydrogens is 343 g/mol. The summed E-state index contributed by atoms with van der Waals surface area (Å²) in [4.78, 5) is 12.4. The maximum atomic E-state index is 12.4. The van der Waals surface area contributed by atoms with Crippen LogP contribution in [0.15, 0.2) is 35.9 Å². The summed E-state index contributed by atoms with van der Waals surface area (Å²) in [6, 6.07) is 10.8. The fourth-order valence-electron chi connectivity index (χ4n) is 2.24. The van der Waals surface area contributed by atoms with Gasteiger partial charge in [-0.1, -0.05) is 41.4 Å². The molecule has 0 aromatic heterocycles. The third-order valence-corrected chi connectivity index (χ3v) is 4.38. The first-order valence-corrected chi connectivity index (χ1v) is 8.04. The maximum absolute atomic E-state index is 12.4. The Bertz CT molecular complexity index is 859. The number of carbonyl (C=O) groups excluding carboxylic acids is 1. The molecule has 0 aliphatic carbocycles. The molecular formula is C19H16Cl2N2O. The average Bonchev–Trinajstić information content (AvgIpc) is 2.53. The van der Waals surface area contributed by atoms with Gasteiger partial charge in [0, 0.05) is 0 Å². The molecule has 0 spiro atoms. The van der Waals surface area contributed by atoms with Gasteiger partial charge in [-0.25, -0.2) is 0 Å². The molecule has 2 aromatic rings. The minimum atomic E-state index is -0.551. The van der Waals surface area contributed by atoms with Crippen molar-refractivity contribution in [2.45, 2.75) is 20.8 Å². The number of benzene rings is 2. The summed E-state index contributed by atoms with van der Waals surface area (Å²) in [5.74, 6) is -0.551. The number of rotatable bonds is 3. The summed E-state index contributed by atoms with van der Waals surface area (Å²) in [7, 11) is 0. The number of hydrogen-bond acceptors (Lipinski definition) is 2. The largest absolute Gasteiger partial charge is 0.319 e. The number of carbonyl (C=O) groups is 1. The molecule has 2 rings (SSSR count). The van der Waals surface area contributed by atoms with Crippen molar-refractivity contribution in [3.63, 3.8) is 0 Å². The van der Waals surface area contributed by atoms with Crippen molar-refractivity contribution in [3.05, 3.63) is 68.2 Å². The van der Waals surface area contributed by atoms with Crippen LogP contribution in [0.4, 0.5) is 5.69 Å². The zero-order valence-electron chi connectivity index (χ0n) is 13.6. The van der Waals surface area contributed by atoms with Gasteiger partial charge in [-0.2, -0.15) is 5.26 Å². The lowest BCUT2D eigenvalue weighted by Crippen LogP contribution is -2.14. The van der Waals surface area contributed by atoms with E-state index in [2.05, 4.69) is 5.32 Å². The first-order valence-electron chi connectivity index (χ1n) is 7.28. The Hall–Kier alpha value is -2.28. The van der Waals surface area contributed by atoms with Gasteiger partial charge in [0.15, 0.2) is 0 Å². The lowest BCUT2D eigenvalue weighted by Gasteiger charge is -2.10. The van der Waals surface area contributed by atoms with Gasteiger partial charge in [0.2, 0.25) is 0 Å². The SMILES string of the molecule is Cc1cc(C)c(/C=C(/C#N)C(=O)Nc2c(Cl)cccc2Cl)cc1C. The molecule has 0 fully saturated rings. The highest BCUT2D eigenvalue weighted by Gasteiger charge is 2.14. The molecule has 0 bridgehead atoms. The number of hydrogen-bond donors (Lipinski definition) is 1. The van der Waals surface area contributed by atoms with Crippen LogP contribution in [0.3, 0.4) is 0 Å². The van der Waals surface area contributed by atoms with E-state index in [1.807, 2.05) is 39.0 Å². The highest BCUT2D eigenvalue weighted by molar-refractivity contribution is 6.40. The highest BCUT2D eigenvalue weighted by atomic mass is 35.5. The molecule has 122 valence electrons. The lowest BCUT2D eigenvalue weighted by molar-refractivity contribution is -0.112. The van der Waals surface area contributed by atoms with E-state index in [1.165, 1.54) is 0 Å². The number of halogens is 2. The summed E-state index contributed by atoms with van der Waals surface area (Å²) in [6.45, 7) is 5.95. The van der Waals surface area contributed by atoms with E-state index in [4.69, 9.17) is 23.2 Å². The third-order valence-electron chi connectivity index (χ3n) is 3.75. The standard InChI is InChI=1S/C19H16Cl2N2O/c1-11-7-13(3)14(8-12(11)2)9-15(10-22)19(24)23-18-16(20)5-4-6-17(18)21/h4-9H,1-3H3,(H,23,24)/b15-9-. The summed E-state index contributed by atoms with van der Waals surface area (Å²) in [6.07, 6.45) is 1.57. The Morgan fingerprint density at radius 2 is 1.67 bits per heavy atom. The number of aryl methyl sites for hydroxylation is 3. The summed E-state index contributed by atoms with van der Waals surface area (Å²) in [5.41, 5.74) is 4.36. The fraction of sp³-hybridized carbons (Fsp3) is 0.158. The van der Waals surface area contributed by atoms with Gasteiger partial charge in [-0.3, -0.25) is 4.79 Å². The molecule has 1 N–H and O–H groups in total. The van der Waals surface area contributed by atoms with Crippen LogP contribution in [-0.2, 0) is 4.79 Å². The first kappa shape index (κ1) is 18.1. The van der Waals surface area contributed by atoms with Crippen molar-refractivity contribution in [1.29, 1.82) is 5.26 Å². The first-order chi connectivity index (χ1) is 11.3. The van der Waals surface area contributed by atoms with E-state index < -0.39 is 5.91 Å². The zero-order valence-corrected chi connectivity index (χ0v) is 15.1. The Balaban J connectivity index is 2.37. The van der Waals surface area contributed by atoms with E-state index in [9.17, 15) is 10.1 Å². The molecule has 0 unspecified atom stereocenters. The van der Waals surface area contributed by atoms with Crippen LogP contribution in [0.2, 0.25) is 10.0 Å². The Kier molecular flexibility index (Phi) is 5.66. The molecule has 1 amide bonds. The topological polar surface area (TPSA) is 52.9 Å². The van der Waals surface area contributed by atoms with E-state index >= 15 is 0 Å². The molecule has 0 radical (unpaired) electrons. The van der Waals surface area contributed by atoms with Gasteiger partial charge in [0.05, 0.1) is 15.7 Å². The quantitative estimate of drug-likeness (QED) is 0.584. The second-order valence-corrected chi connectivity index (χ2v) is 6.33. The van der Waals surface area contributed by atoms with Crippen molar-refractivity contribution in [2.75, 3.05) is 5.32 Å². The van der Waals surface area contributed by atoms with Gasteiger partial charge in [0.1, 0.15) is 11.6 Å².